The molecule has 1 aromatic heterocycles. The summed E-state index contributed by atoms with van der Waals surface area (Å²) in [6.45, 7) is 1.12. The summed E-state index contributed by atoms with van der Waals surface area (Å²) in [5.41, 5.74) is 1.79. The van der Waals surface area contributed by atoms with Crippen molar-refractivity contribution in [1.82, 2.24) is 4.98 Å². The van der Waals surface area contributed by atoms with Gasteiger partial charge in [0.1, 0.15) is 11.5 Å². The van der Waals surface area contributed by atoms with Gasteiger partial charge < -0.3 is 14.2 Å². The number of hydrogen-bond donors (Lipinski definition) is 0. The quantitative estimate of drug-likeness (QED) is 0.334. The molecule has 1 aliphatic rings. The Morgan fingerprint density at radius 3 is 2.74 bits per heavy atom. The lowest BCUT2D eigenvalue weighted by Gasteiger charge is -2.23. The average Bonchev–Trinajstić information content (AvgIpc) is 3.58. The fraction of sp³-hybridized carbons (Fsp3) is 0.259. The maximum atomic E-state index is 13.4. The lowest BCUT2D eigenvalue weighted by Crippen LogP contribution is -2.40. The highest BCUT2D eigenvalue weighted by Crippen LogP contribution is 2.30. The van der Waals surface area contributed by atoms with E-state index in [2.05, 4.69) is 0 Å². The average molecular weight is 475 g/mol. The molecule has 1 atom stereocenters. The number of fused-ring (bicyclic) bond motifs is 1. The van der Waals surface area contributed by atoms with E-state index in [1.54, 1.807) is 12.0 Å². The number of amides is 1. The van der Waals surface area contributed by atoms with Gasteiger partial charge in [0, 0.05) is 22.9 Å². The van der Waals surface area contributed by atoms with Gasteiger partial charge in [0.25, 0.3) is 5.91 Å². The van der Waals surface area contributed by atoms with Crippen LogP contribution in [0, 0.1) is 0 Å². The van der Waals surface area contributed by atoms with Crippen molar-refractivity contribution in [2.24, 2.45) is 0 Å². The highest BCUT2D eigenvalue weighted by molar-refractivity contribution is 7.14. The van der Waals surface area contributed by atoms with Crippen LogP contribution in [-0.4, -0.2) is 43.9 Å². The largest absolute Gasteiger partial charge is 0.497 e. The Labute approximate surface area is 202 Å². The third kappa shape index (κ3) is 4.90. The van der Waals surface area contributed by atoms with E-state index in [0.717, 1.165) is 47.2 Å². The van der Waals surface area contributed by atoms with Crippen LogP contribution in [0.15, 0.2) is 72.1 Å². The number of anilines is 1. The van der Waals surface area contributed by atoms with Gasteiger partial charge in [-0.05, 0) is 48.6 Å². The molecule has 0 N–H and O–H groups in total. The van der Waals surface area contributed by atoms with Gasteiger partial charge in [-0.2, -0.15) is 0 Å². The van der Waals surface area contributed by atoms with Gasteiger partial charge in [-0.15, -0.1) is 11.3 Å². The lowest BCUT2D eigenvalue weighted by molar-refractivity contribution is -0.120. The van der Waals surface area contributed by atoms with Crippen LogP contribution in [0.3, 0.4) is 0 Å². The zero-order valence-corrected chi connectivity index (χ0v) is 19.8. The molecule has 0 unspecified atom stereocenters. The summed E-state index contributed by atoms with van der Waals surface area (Å²) in [5.74, 6) is 1.35. The van der Waals surface area contributed by atoms with Crippen LogP contribution in [0.1, 0.15) is 12.8 Å². The molecule has 7 heteroatoms. The first-order valence-electron chi connectivity index (χ1n) is 11.3. The second-order valence-corrected chi connectivity index (χ2v) is 8.99. The zero-order valence-electron chi connectivity index (χ0n) is 19.0. The van der Waals surface area contributed by atoms with Gasteiger partial charge >= 0.3 is 0 Å². The summed E-state index contributed by atoms with van der Waals surface area (Å²) >= 11 is 1.45. The van der Waals surface area contributed by atoms with Crippen LogP contribution in [-0.2, 0) is 9.53 Å². The number of ether oxygens (including phenoxy) is 3. The fourth-order valence-electron chi connectivity index (χ4n) is 4.10. The second-order valence-electron chi connectivity index (χ2n) is 8.15. The second kappa shape index (κ2) is 10.2. The molecule has 1 saturated heterocycles. The molecule has 4 aromatic rings. The van der Waals surface area contributed by atoms with Crippen LogP contribution >= 0.6 is 11.3 Å². The summed E-state index contributed by atoms with van der Waals surface area (Å²) < 4.78 is 17.1. The van der Waals surface area contributed by atoms with E-state index in [9.17, 15) is 4.79 Å². The number of aromatic nitrogens is 1. The van der Waals surface area contributed by atoms with E-state index in [4.69, 9.17) is 19.2 Å². The number of thiazole rings is 1. The highest BCUT2D eigenvalue weighted by Gasteiger charge is 2.26. The van der Waals surface area contributed by atoms with Crippen molar-refractivity contribution in [1.29, 1.82) is 0 Å². The van der Waals surface area contributed by atoms with Gasteiger partial charge in [0.05, 0.1) is 25.5 Å². The Hall–Kier alpha value is -3.42. The van der Waals surface area contributed by atoms with Crippen molar-refractivity contribution in [2.45, 2.75) is 18.9 Å². The molecule has 0 spiro atoms. The first-order chi connectivity index (χ1) is 16.7. The van der Waals surface area contributed by atoms with E-state index in [1.807, 2.05) is 72.1 Å². The van der Waals surface area contributed by atoms with Crippen LogP contribution in [0.4, 0.5) is 5.13 Å². The lowest BCUT2D eigenvalue weighted by atomic mass is 10.1. The first kappa shape index (κ1) is 22.4. The third-order valence-corrected chi connectivity index (χ3v) is 6.78. The van der Waals surface area contributed by atoms with E-state index >= 15 is 0 Å². The summed E-state index contributed by atoms with van der Waals surface area (Å²) in [6.07, 6.45) is 1.95. The molecule has 1 amide bonds. The molecule has 174 valence electrons. The Morgan fingerprint density at radius 2 is 1.94 bits per heavy atom. The normalized spacial score (nSPS) is 15.4. The monoisotopic (exact) mass is 474 g/mol. The first-order valence-corrected chi connectivity index (χ1v) is 12.2. The molecule has 2 heterocycles. The summed E-state index contributed by atoms with van der Waals surface area (Å²) in [4.78, 5) is 19.8. The van der Waals surface area contributed by atoms with Crippen molar-refractivity contribution in [3.63, 3.8) is 0 Å². The Morgan fingerprint density at radius 1 is 1.12 bits per heavy atom. The molecule has 0 bridgehead atoms. The van der Waals surface area contributed by atoms with Gasteiger partial charge in [-0.3, -0.25) is 9.69 Å². The number of carbonyl (C=O) groups excluding carboxylic acids is 1. The van der Waals surface area contributed by atoms with Crippen LogP contribution in [0.5, 0.6) is 11.5 Å². The van der Waals surface area contributed by atoms with Crippen molar-refractivity contribution >= 4 is 33.1 Å². The van der Waals surface area contributed by atoms with Crippen LogP contribution in [0.2, 0.25) is 0 Å². The topological polar surface area (TPSA) is 60.9 Å². The van der Waals surface area contributed by atoms with Gasteiger partial charge in [0.2, 0.25) is 0 Å². The molecule has 0 aliphatic carbocycles. The van der Waals surface area contributed by atoms with Gasteiger partial charge in [-0.1, -0.05) is 36.4 Å². The predicted octanol–water partition coefficient (Wildman–Crippen LogP) is 5.56. The smallest absolute Gasteiger partial charge is 0.266 e. The third-order valence-electron chi connectivity index (χ3n) is 5.92. The molecule has 5 rings (SSSR count). The molecule has 0 saturated carbocycles. The molecular formula is C27H26N2O4S. The maximum absolute atomic E-state index is 13.4. The standard InChI is InChI=1S/C27H26N2O4S/c1-31-21-13-11-20(12-14-21)24-18-34-27(28-24)29(16-22-8-5-15-32-22)26(30)17-33-25-10-4-7-19-6-2-3-9-23(19)25/h2-4,6-7,9-14,18,22H,5,8,15-17H2,1H3/t22-/m1/s1. The number of hydrogen-bond acceptors (Lipinski definition) is 6. The predicted molar refractivity (Wildman–Crippen MR) is 135 cm³/mol. The fourth-order valence-corrected chi connectivity index (χ4v) is 4.96. The van der Waals surface area contributed by atoms with Crippen molar-refractivity contribution in [2.75, 3.05) is 31.8 Å². The minimum absolute atomic E-state index is 0.00911. The Kier molecular flexibility index (Phi) is 6.74. The van der Waals surface area contributed by atoms with E-state index < -0.39 is 0 Å². The van der Waals surface area contributed by atoms with Crippen molar-refractivity contribution in [3.8, 4) is 22.8 Å². The van der Waals surface area contributed by atoms with Crippen molar-refractivity contribution in [3.05, 3.63) is 72.1 Å². The molecular weight excluding hydrogens is 448 g/mol. The minimum Gasteiger partial charge on any atom is -0.497 e. The van der Waals surface area contributed by atoms with Crippen LogP contribution < -0.4 is 14.4 Å². The van der Waals surface area contributed by atoms with Gasteiger partial charge in [0.15, 0.2) is 11.7 Å². The summed E-state index contributed by atoms with van der Waals surface area (Å²) in [5, 5.41) is 4.68. The molecule has 6 nitrogen and oxygen atoms in total. The van der Waals surface area contributed by atoms with E-state index in [1.165, 1.54) is 11.3 Å². The SMILES string of the molecule is COc1ccc(-c2csc(N(C[C@H]3CCCO3)C(=O)COc3cccc4ccccc34)n2)cc1. The molecule has 1 aliphatic heterocycles. The van der Waals surface area contributed by atoms with E-state index in [0.29, 0.717) is 17.4 Å². The number of benzene rings is 3. The molecule has 1 fully saturated rings. The number of methoxy groups -OCH3 is 1. The minimum atomic E-state index is -0.140. The summed E-state index contributed by atoms with van der Waals surface area (Å²) in [7, 11) is 1.64. The number of nitrogens with zero attached hydrogens (tertiary/aromatic N) is 2. The molecule has 0 radical (unpaired) electrons. The van der Waals surface area contributed by atoms with Crippen molar-refractivity contribution < 1.29 is 19.0 Å². The number of rotatable bonds is 8. The molecule has 34 heavy (non-hydrogen) atoms. The number of carbonyl (C=O) groups is 1. The van der Waals surface area contributed by atoms with E-state index in [-0.39, 0.29) is 18.6 Å². The highest BCUT2D eigenvalue weighted by atomic mass is 32.1. The molecule has 3 aromatic carbocycles. The van der Waals surface area contributed by atoms with Crippen LogP contribution in [0.25, 0.3) is 22.0 Å². The zero-order chi connectivity index (χ0) is 23.3. The summed E-state index contributed by atoms with van der Waals surface area (Å²) in [6, 6.07) is 21.6. The van der Waals surface area contributed by atoms with Gasteiger partial charge in [-0.25, -0.2) is 4.98 Å². The Balaban J connectivity index is 1.36. The Bertz CT molecular complexity index is 1260. The maximum Gasteiger partial charge on any atom is 0.266 e.